The second kappa shape index (κ2) is 6.55. The van der Waals surface area contributed by atoms with Gasteiger partial charge in [0.05, 0.1) is 5.69 Å². The molecule has 0 aliphatic heterocycles. The van der Waals surface area contributed by atoms with Crippen LogP contribution in [0.15, 0.2) is 48.5 Å². The van der Waals surface area contributed by atoms with E-state index in [1.807, 2.05) is 45.0 Å². The first kappa shape index (κ1) is 17.0. The van der Waals surface area contributed by atoms with Crippen molar-refractivity contribution in [1.82, 2.24) is 4.98 Å². The Bertz CT molecular complexity index is 943. The van der Waals surface area contributed by atoms with E-state index in [-0.39, 0.29) is 17.5 Å². The minimum absolute atomic E-state index is 0.0614. The number of rotatable bonds is 4. The van der Waals surface area contributed by atoms with E-state index in [0.29, 0.717) is 22.5 Å². The molecule has 1 atom stereocenters. The van der Waals surface area contributed by atoms with Crippen molar-refractivity contribution in [2.75, 3.05) is 5.73 Å². The molecule has 0 aliphatic carbocycles. The summed E-state index contributed by atoms with van der Waals surface area (Å²) in [5.74, 6) is -0.612. The summed E-state index contributed by atoms with van der Waals surface area (Å²) in [4.78, 5) is 15.9. The lowest BCUT2D eigenvalue weighted by molar-refractivity contribution is 0.103. The third kappa shape index (κ3) is 3.33. The third-order valence-corrected chi connectivity index (χ3v) is 4.54. The average molecular weight is 336 g/mol. The molecular weight excluding hydrogens is 315 g/mol. The van der Waals surface area contributed by atoms with Crippen molar-refractivity contribution in [3.8, 4) is 0 Å². The number of nitrogens with two attached hydrogens (primary N) is 1. The largest absolute Gasteiger partial charge is 0.399 e. The molecule has 0 aliphatic rings. The maximum absolute atomic E-state index is 14.1. The highest BCUT2D eigenvalue weighted by Gasteiger charge is 2.18. The molecule has 4 heteroatoms. The van der Waals surface area contributed by atoms with E-state index < -0.39 is 0 Å². The van der Waals surface area contributed by atoms with Crippen molar-refractivity contribution in [3.63, 3.8) is 0 Å². The second-order valence-corrected chi connectivity index (χ2v) is 6.48. The Hall–Kier alpha value is -2.88. The van der Waals surface area contributed by atoms with Gasteiger partial charge in [0.2, 0.25) is 5.78 Å². The molecule has 0 radical (unpaired) electrons. The van der Waals surface area contributed by atoms with Gasteiger partial charge in [0.25, 0.3) is 0 Å². The number of hydrogen-bond acceptors (Lipinski definition) is 2. The van der Waals surface area contributed by atoms with Gasteiger partial charge in [0.15, 0.2) is 0 Å². The van der Waals surface area contributed by atoms with E-state index in [1.165, 1.54) is 6.07 Å². The molecule has 0 saturated carbocycles. The van der Waals surface area contributed by atoms with Crippen LogP contribution < -0.4 is 5.73 Å². The predicted molar refractivity (Wildman–Crippen MR) is 98.5 cm³/mol. The summed E-state index contributed by atoms with van der Waals surface area (Å²) in [7, 11) is 0. The quantitative estimate of drug-likeness (QED) is 0.534. The number of carbonyl (C=O) groups is 1. The molecule has 1 aromatic heterocycles. The fraction of sp³-hybridized carbons (Fsp3) is 0.190. The minimum Gasteiger partial charge on any atom is -0.399 e. The van der Waals surface area contributed by atoms with Gasteiger partial charge in [-0.2, -0.15) is 0 Å². The minimum atomic E-state index is -0.343. The number of benzene rings is 2. The molecule has 0 fully saturated rings. The normalized spacial score (nSPS) is 12.2. The van der Waals surface area contributed by atoms with Gasteiger partial charge < -0.3 is 10.7 Å². The van der Waals surface area contributed by atoms with E-state index >= 15 is 0 Å². The molecule has 3 rings (SSSR count). The van der Waals surface area contributed by atoms with Crippen molar-refractivity contribution < 1.29 is 9.18 Å². The number of halogens is 1. The highest BCUT2D eigenvalue weighted by atomic mass is 19.1. The van der Waals surface area contributed by atoms with Crippen LogP contribution in [0.4, 0.5) is 10.1 Å². The van der Waals surface area contributed by atoms with Crippen LogP contribution in [-0.4, -0.2) is 10.8 Å². The lowest BCUT2D eigenvalue weighted by atomic mass is 9.97. The monoisotopic (exact) mass is 336 g/mol. The van der Waals surface area contributed by atoms with Gasteiger partial charge in [0, 0.05) is 22.9 Å². The highest BCUT2D eigenvalue weighted by Crippen LogP contribution is 2.27. The molecule has 25 heavy (non-hydrogen) atoms. The maximum Gasteiger partial charge on any atom is 0.209 e. The van der Waals surface area contributed by atoms with E-state index in [9.17, 15) is 9.18 Å². The van der Waals surface area contributed by atoms with Gasteiger partial charge in [-0.1, -0.05) is 36.8 Å². The molecule has 1 unspecified atom stereocenters. The fourth-order valence-corrected chi connectivity index (χ4v) is 3.07. The number of hydrogen-bond donors (Lipinski definition) is 2. The first-order chi connectivity index (χ1) is 11.9. The summed E-state index contributed by atoms with van der Waals surface area (Å²) in [6.07, 6.45) is 0. The predicted octanol–water partition coefficient (Wildman–Crippen LogP) is 4.74. The average Bonchev–Trinajstić information content (AvgIpc) is 3.03. The molecule has 0 spiro atoms. The van der Waals surface area contributed by atoms with E-state index in [4.69, 9.17) is 5.73 Å². The molecule has 128 valence electrons. The van der Waals surface area contributed by atoms with Gasteiger partial charge in [-0.05, 0) is 49.2 Å². The number of aromatic amines is 1. The zero-order valence-electron chi connectivity index (χ0n) is 14.6. The number of anilines is 1. The Morgan fingerprint density at radius 1 is 1.08 bits per heavy atom. The van der Waals surface area contributed by atoms with Gasteiger partial charge in [-0.25, -0.2) is 4.39 Å². The van der Waals surface area contributed by atoms with Crippen LogP contribution in [-0.2, 0) is 0 Å². The van der Waals surface area contributed by atoms with Gasteiger partial charge >= 0.3 is 0 Å². The number of nitrogen functional groups attached to an aromatic ring is 1. The van der Waals surface area contributed by atoms with E-state index in [0.717, 1.165) is 16.8 Å². The Kier molecular flexibility index (Phi) is 4.45. The molecule has 0 bridgehead atoms. The molecule has 3 N–H and O–H groups in total. The van der Waals surface area contributed by atoms with Gasteiger partial charge in [-0.3, -0.25) is 4.79 Å². The van der Waals surface area contributed by atoms with E-state index in [2.05, 4.69) is 4.98 Å². The lowest BCUT2D eigenvalue weighted by Crippen LogP contribution is -2.06. The van der Waals surface area contributed by atoms with Crippen LogP contribution in [0, 0.1) is 19.7 Å². The first-order valence-electron chi connectivity index (χ1n) is 8.22. The van der Waals surface area contributed by atoms with Crippen molar-refractivity contribution in [1.29, 1.82) is 0 Å². The summed E-state index contributed by atoms with van der Waals surface area (Å²) in [5.41, 5.74) is 10.6. The van der Waals surface area contributed by atoms with Gasteiger partial charge in [0.1, 0.15) is 5.82 Å². The van der Waals surface area contributed by atoms with Crippen molar-refractivity contribution in [2.24, 2.45) is 0 Å². The third-order valence-electron chi connectivity index (χ3n) is 4.54. The van der Waals surface area contributed by atoms with Crippen LogP contribution in [0.3, 0.4) is 0 Å². The molecule has 3 aromatic rings. The summed E-state index contributed by atoms with van der Waals surface area (Å²) in [5, 5.41) is 0. The number of ketones is 1. The van der Waals surface area contributed by atoms with Crippen LogP contribution in [0.1, 0.15) is 51.3 Å². The number of nitrogens with one attached hydrogen (secondary N) is 1. The zero-order valence-corrected chi connectivity index (χ0v) is 14.6. The molecule has 3 nitrogen and oxygen atoms in total. The summed E-state index contributed by atoms with van der Waals surface area (Å²) in [6.45, 7) is 5.82. The summed E-state index contributed by atoms with van der Waals surface area (Å²) < 4.78 is 14.1. The smallest absolute Gasteiger partial charge is 0.209 e. The van der Waals surface area contributed by atoms with Crippen LogP contribution in [0.5, 0.6) is 0 Å². The SMILES string of the molecule is Cc1ccc(C(=O)c2ccc(C(C)c3ccc(N)cc3F)[nH]2)c(C)c1. The number of carbonyl (C=O) groups excluding carboxylic acids is 1. The Morgan fingerprint density at radius 2 is 1.84 bits per heavy atom. The van der Waals surface area contributed by atoms with Crippen LogP contribution in [0.25, 0.3) is 0 Å². The van der Waals surface area contributed by atoms with Crippen molar-refractivity contribution in [3.05, 3.63) is 88.0 Å². The van der Waals surface area contributed by atoms with Crippen molar-refractivity contribution >= 4 is 11.5 Å². The highest BCUT2D eigenvalue weighted by molar-refractivity contribution is 6.08. The van der Waals surface area contributed by atoms with Crippen molar-refractivity contribution in [2.45, 2.75) is 26.7 Å². The number of aryl methyl sites for hydroxylation is 2. The topological polar surface area (TPSA) is 58.9 Å². The molecular formula is C21H21FN2O. The molecule has 2 aromatic carbocycles. The number of H-pyrrole nitrogens is 1. The van der Waals surface area contributed by atoms with Gasteiger partial charge in [-0.15, -0.1) is 0 Å². The molecule has 1 heterocycles. The summed E-state index contributed by atoms with van der Waals surface area (Å²) in [6, 6.07) is 14.0. The van der Waals surface area contributed by atoms with Crippen LogP contribution in [0.2, 0.25) is 0 Å². The molecule has 0 saturated heterocycles. The second-order valence-electron chi connectivity index (χ2n) is 6.48. The Balaban J connectivity index is 1.90. The Labute approximate surface area is 146 Å². The lowest BCUT2D eigenvalue weighted by Gasteiger charge is -2.12. The molecule has 0 amide bonds. The van der Waals surface area contributed by atoms with Crippen LogP contribution >= 0.6 is 0 Å². The maximum atomic E-state index is 14.1. The first-order valence-corrected chi connectivity index (χ1v) is 8.22. The standard InChI is InChI=1S/C21H21FN2O/c1-12-4-6-16(13(2)10-12)21(25)20-9-8-19(24-20)14(3)17-7-5-15(23)11-18(17)22/h4-11,14,24H,23H2,1-3H3. The fourth-order valence-electron chi connectivity index (χ4n) is 3.07. The number of aromatic nitrogens is 1. The zero-order chi connectivity index (χ0) is 18.1. The Morgan fingerprint density at radius 3 is 2.52 bits per heavy atom. The summed E-state index contributed by atoms with van der Waals surface area (Å²) >= 11 is 0. The van der Waals surface area contributed by atoms with E-state index in [1.54, 1.807) is 18.2 Å².